The molecule has 1 aromatic carbocycles. The highest BCUT2D eigenvalue weighted by molar-refractivity contribution is 5.23. The van der Waals surface area contributed by atoms with Crippen molar-refractivity contribution >= 4 is 0 Å². The summed E-state index contributed by atoms with van der Waals surface area (Å²) in [5.74, 6) is 2.45. The van der Waals surface area contributed by atoms with Crippen molar-refractivity contribution in [1.82, 2.24) is 0 Å². The van der Waals surface area contributed by atoms with Crippen LogP contribution in [0.15, 0.2) is 30.3 Å². The van der Waals surface area contributed by atoms with Crippen molar-refractivity contribution in [3.8, 4) is 12.0 Å². The van der Waals surface area contributed by atoms with Gasteiger partial charge in [-0.05, 0) is 11.5 Å². The highest BCUT2D eigenvalue weighted by atomic mass is 16.3. The van der Waals surface area contributed by atoms with E-state index in [1.165, 1.54) is 0 Å². The monoisotopic (exact) mass is 147 g/mol. The number of hydrogen-bond donors (Lipinski definition) is 2. The average molecular weight is 147 g/mol. The topological polar surface area (TPSA) is 46.2 Å². The molecule has 1 rings (SSSR count). The summed E-state index contributed by atoms with van der Waals surface area (Å²) in [6.07, 6.45) is -0.763. The Morgan fingerprint density at radius 2 is 1.91 bits per heavy atom. The fraction of sp³-hybridized carbons (Fsp3) is 0.111. The lowest BCUT2D eigenvalue weighted by Crippen LogP contribution is -1.93. The molecule has 1 atom stereocenters. The van der Waals surface area contributed by atoms with Gasteiger partial charge in [0.15, 0.2) is 0 Å². The molecule has 0 radical (unpaired) electrons. The highest BCUT2D eigenvalue weighted by Crippen LogP contribution is 2.09. The predicted molar refractivity (Wildman–Crippen MR) is 43.4 cm³/mol. The summed E-state index contributed by atoms with van der Waals surface area (Å²) < 4.78 is 0. The van der Waals surface area contributed by atoms with E-state index in [4.69, 9.17) is 5.73 Å². The summed E-state index contributed by atoms with van der Waals surface area (Å²) in [5, 5.41) is 9.27. The minimum atomic E-state index is -0.763. The minimum Gasteiger partial charge on any atom is -0.376 e. The molecule has 0 heterocycles. The molecule has 0 spiro atoms. The molecule has 3 N–H and O–H groups in total. The number of aliphatic hydroxyl groups excluding tert-OH is 1. The summed E-state index contributed by atoms with van der Waals surface area (Å²) in [4.78, 5) is 0. The van der Waals surface area contributed by atoms with Crippen molar-refractivity contribution in [2.45, 2.75) is 6.10 Å². The fourth-order valence-electron chi connectivity index (χ4n) is 0.798. The van der Waals surface area contributed by atoms with Crippen molar-refractivity contribution in [2.24, 2.45) is 5.73 Å². The van der Waals surface area contributed by atoms with Gasteiger partial charge in [0.1, 0.15) is 6.10 Å². The molecule has 56 valence electrons. The van der Waals surface area contributed by atoms with Crippen LogP contribution in [-0.2, 0) is 0 Å². The Morgan fingerprint density at radius 1 is 1.27 bits per heavy atom. The van der Waals surface area contributed by atoms with Gasteiger partial charge in [0.25, 0.3) is 0 Å². The van der Waals surface area contributed by atoms with Crippen molar-refractivity contribution in [3.05, 3.63) is 35.9 Å². The van der Waals surface area contributed by atoms with Crippen molar-refractivity contribution < 1.29 is 5.11 Å². The number of benzene rings is 1. The van der Waals surface area contributed by atoms with E-state index in [2.05, 4.69) is 12.0 Å². The van der Waals surface area contributed by atoms with E-state index < -0.39 is 6.10 Å². The Hall–Kier alpha value is -1.46. The van der Waals surface area contributed by atoms with E-state index >= 15 is 0 Å². The van der Waals surface area contributed by atoms with E-state index in [9.17, 15) is 5.11 Å². The van der Waals surface area contributed by atoms with Gasteiger partial charge in [-0.2, -0.15) is 0 Å². The molecule has 0 aromatic heterocycles. The van der Waals surface area contributed by atoms with Crippen LogP contribution in [0.2, 0.25) is 0 Å². The summed E-state index contributed by atoms with van der Waals surface area (Å²) in [6.45, 7) is 0. The maximum Gasteiger partial charge on any atom is 0.142 e. The van der Waals surface area contributed by atoms with Crippen LogP contribution in [0.4, 0.5) is 0 Å². The van der Waals surface area contributed by atoms with Gasteiger partial charge < -0.3 is 10.8 Å². The zero-order valence-electron chi connectivity index (χ0n) is 5.99. The molecule has 0 saturated carbocycles. The molecule has 0 aliphatic rings. The lowest BCUT2D eigenvalue weighted by molar-refractivity contribution is 0.238. The average Bonchev–Trinajstić information content (AvgIpc) is 2.07. The smallest absolute Gasteiger partial charge is 0.142 e. The standard InChI is InChI=1S/C9H9NO/c10-7-6-9(11)8-4-2-1-3-5-8/h1-5,9,11H,10H2. The number of nitrogens with two attached hydrogens (primary N) is 1. The lowest BCUT2D eigenvalue weighted by Gasteiger charge is -2.00. The van der Waals surface area contributed by atoms with Gasteiger partial charge in [-0.25, -0.2) is 0 Å². The number of hydrogen-bond acceptors (Lipinski definition) is 2. The summed E-state index contributed by atoms with van der Waals surface area (Å²) >= 11 is 0. The fourth-order valence-corrected chi connectivity index (χ4v) is 0.798. The van der Waals surface area contributed by atoms with Gasteiger partial charge in [-0.1, -0.05) is 30.3 Å². The lowest BCUT2D eigenvalue weighted by atomic mass is 10.1. The molecule has 1 unspecified atom stereocenters. The van der Waals surface area contributed by atoms with Gasteiger partial charge in [0.2, 0.25) is 0 Å². The van der Waals surface area contributed by atoms with Crippen LogP contribution in [0.25, 0.3) is 0 Å². The molecule has 0 aliphatic carbocycles. The van der Waals surface area contributed by atoms with Gasteiger partial charge in [-0.3, -0.25) is 0 Å². The second-order valence-electron chi connectivity index (χ2n) is 2.10. The molecular weight excluding hydrogens is 138 g/mol. The first kappa shape index (κ1) is 7.64. The summed E-state index contributed by atoms with van der Waals surface area (Å²) in [5.41, 5.74) is 5.71. The van der Waals surface area contributed by atoms with Gasteiger partial charge in [0.05, 0.1) is 0 Å². The van der Waals surface area contributed by atoms with Crippen molar-refractivity contribution in [2.75, 3.05) is 0 Å². The van der Waals surface area contributed by atoms with Crippen molar-refractivity contribution in [3.63, 3.8) is 0 Å². The Morgan fingerprint density at radius 3 is 2.45 bits per heavy atom. The first-order valence-electron chi connectivity index (χ1n) is 3.28. The maximum absolute atomic E-state index is 9.27. The van der Waals surface area contributed by atoms with E-state index in [0.717, 1.165) is 5.56 Å². The normalized spacial score (nSPS) is 11.4. The number of rotatable bonds is 1. The largest absolute Gasteiger partial charge is 0.376 e. The SMILES string of the molecule is NC#CC(O)c1ccccc1. The van der Waals surface area contributed by atoms with Crippen LogP contribution in [0.1, 0.15) is 11.7 Å². The molecule has 2 heteroatoms. The Bertz CT molecular complexity index is 271. The Balaban J connectivity index is 2.82. The van der Waals surface area contributed by atoms with Gasteiger partial charge in [0, 0.05) is 6.04 Å². The third-order valence-electron chi connectivity index (χ3n) is 1.34. The third-order valence-corrected chi connectivity index (χ3v) is 1.34. The maximum atomic E-state index is 9.27. The molecule has 0 saturated heterocycles. The third kappa shape index (κ3) is 1.99. The van der Waals surface area contributed by atoms with Crippen molar-refractivity contribution in [1.29, 1.82) is 0 Å². The molecule has 0 amide bonds. The van der Waals surface area contributed by atoms with E-state index in [1.54, 1.807) is 12.1 Å². The highest BCUT2D eigenvalue weighted by Gasteiger charge is 1.99. The molecule has 0 fully saturated rings. The van der Waals surface area contributed by atoms with Crippen LogP contribution in [0.3, 0.4) is 0 Å². The predicted octanol–water partition coefficient (Wildman–Crippen LogP) is 0.640. The van der Waals surface area contributed by atoms with E-state index in [0.29, 0.717) is 0 Å². The molecule has 1 aromatic rings. The number of aliphatic hydroxyl groups is 1. The summed E-state index contributed by atoms with van der Waals surface area (Å²) in [7, 11) is 0. The minimum absolute atomic E-state index is 0.763. The van der Waals surface area contributed by atoms with E-state index in [1.807, 2.05) is 18.2 Å². The van der Waals surface area contributed by atoms with Crippen LogP contribution in [-0.4, -0.2) is 5.11 Å². The molecular formula is C9H9NO. The van der Waals surface area contributed by atoms with Crippen LogP contribution < -0.4 is 5.73 Å². The molecule has 0 aliphatic heterocycles. The zero-order chi connectivity index (χ0) is 8.10. The van der Waals surface area contributed by atoms with Crippen LogP contribution in [0, 0.1) is 12.0 Å². The van der Waals surface area contributed by atoms with Crippen LogP contribution in [0.5, 0.6) is 0 Å². The molecule has 11 heavy (non-hydrogen) atoms. The second kappa shape index (κ2) is 3.65. The van der Waals surface area contributed by atoms with Gasteiger partial charge >= 0.3 is 0 Å². The molecule has 0 bridgehead atoms. The second-order valence-corrected chi connectivity index (χ2v) is 2.10. The zero-order valence-corrected chi connectivity index (χ0v) is 5.99. The van der Waals surface area contributed by atoms with E-state index in [-0.39, 0.29) is 0 Å². The van der Waals surface area contributed by atoms with Crippen LogP contribution >= 0.6 is 0 Å². The Labute approximate surface area is 65.7 Å². The van der Waals surface area contributed by atoms with Gasteiger partial charge in [-0.15, -0.1) is 0 Å². The first-order chi connectivity index (χ1) is 5.34. The summed E-state index contributed by atoms with van der Waals surface area (Å²) in [6, 6.07) is 11.3. The first-order valence-corrected chi connectivity index (χ1v) is 3.28. The molecule has 2 nitrogen and oxygen atoms in total. The Kier molecular flexibility index (Phi) is 2.53. The quantitative estimate of drug-likeness (QED) is 0.452.